The van der Waals surface area contributed by atoms with Gasteiger partial charge >= 0.3 is 5.97 Å². The Morgan fingerprint density at radius 3 is 2.29 bits per heavy atom. The average molecular weight is 495 g/mol. The molecule has 9 heteroatoms. The van der Waals surface area contributed by atoms with Crippen LogP contribution in [0.15, 0.2) is 54.6 Å². The highest BCUT2D eigenvalue weighted by Crippen LogP contribution is 2.24. The minimum atomic E-state index is -0.624. The number of carbonyl (C=O) groups is 4. The summed E-state index contributed by atoms with van der Waals surface area (Å²) in [5.74, 6) is -1.06. The maximum atomic E-state index is 12.5. The molecule has 0 atom stereocenters. The Kier molecular flexibility index (Phi) is 8.74. The van der Waals surface area contributed by atoms with E-state index in [1.807, 2.05) is 19.9 Å². The second-order valence-electron chi connectivity index (χ2n) is 7.69. The van der Waals surface area contributed by atoms with E-state index in [0.717, 1.165) is 9.75 Å². The van der Waals surface area contributed by atoms with Crippen LogP contribution in [0.1, 0.15) is 43.3 Å². The molecule has 2 amide bonds. The number of ether oxygens (including phenoxy) is 2. The molecule has 0 bridgehead atoms. The van der Waals surface area contributed by atoms with E-state index < -0.39 is 18.5 Å². The lowest BCUT2D eigenvalue weighted by atomic mass is 10.1. The number of methoxy groups -OCH3 is 1. The Labute approximate surface area is 207 Å². The molecule has 0 aliphatic carbocycles. The van der Waals surface area contributed by atoms with Crippen molar-refractivity contribution in [3.63, 3.8) is 0 Å². The number of rotatable bonds is 10. The summed E-state index contributed by atoms with van der Waals surface area (Å²) in [6.45, 7) is 3.32. The maximum Gasteiger partial charge on any atom is 0.306 e. The fourth-order valence-electron chi connectivity index (χ4n) is 3.32. The molecule has 0 radical (unpaired) electrons. The number of para-hydroxylation sites is 2. The molecule has 0 aliphatic heterocycles. The van der Waals surface area contributed by atoms with Crippen LogP contribution in [0.3, 0.4) is 0 Å². The van der Waals surface area contributed by atoms with E-state index in [1.54, 1.807) is 48.5 Å². The topological polar surface area (TPSA) is 111 Å². The molecule has 3 rings (SSSR count). The molecule has 1 aromatic heterocycles. The molecule has 0 unspecified atom stereocenters. The van der Waals surface area contributed by atoms with Crippen molar-refractivity contribution >= 4 is 46.3 Å². The number of anilines is 2. The smallest absolute Gasteiger partial charge is 0.306 e. The second-order valence-corrected chi connectivity index (χ2v) is 9.15. The van der Waals surface area contributed by atoms with Gasteiger partial charge < -0.3 is 20.1 Å². The van der Waals surface area contributed by atoms with Gasteiger partial charge in [0, 0.05) is 33.0 Å². The first-order valence-electron chi connectivity index (χ1n) is 10.9. The largest absolute Gasteiger partial charge is 0.495 e. The minimum absolute atomic E-state index is 0.0237. The van der Waals surface area contributed by atoms with Gasteiger partial charge in [0.15, 0.2) is 12.4 Å². The lowest BCUT2D eigenvalue weighted by Crippen LogP contribution is -2.21. The highest BCUT2D eigenvalue weighted by molar-refractivity contribution is 7.12. The first-order valence-corrected chi connectivity index (χ1v) is 11.7. The number of benzene rings is 2. The van der Waals surface area contributed by atoms with Crippen LogP contribution < -0.4 is 15.4 Å². The van der Waals surface area contributed by atoms with E-state index in [-0.39, 0.29) is 24.5 Å². The number of thiophene rings is 1. The Morgan fingerprint density at radius 1 is 0.914 bits per heavy atom. The van der Waals surface area contributed by atoms with Crippen molar-refractivity contribution in [2.75, 3.05) is 24.4 Å². The van der Waals surface area contributed by atoms with Crippen molar-refractivity contribution < 1.29 is 28.7 Å². The van der Waals surface area contributed by atoms with Gasteiger partial charge in [0.2, 0.25) is 0 Å². The molecule has 0 spiro atoms. The van der Waals surface area contributed by atoms with Crippen molar-refractivity contribution in [2.24, 2.45) is 0 Å². The fraction of sp³-hybridized carbons (Fsp3) is 0.231. The van der Waals surface area contributed by atoms with Crippen LogP contribution in [0.4, 0.5) is 11.4 Å². The third-order valence-corrected chi connectivity index (χ3v) is 6.01. The molecule has 2 aromatic carbocycles. The van der Waals surface area contributed by atoms with Gasteiger partial charge in [-0.15, -0.1) is 11.3 Å². The number of ketones is 1. The minimum Gasteiger partial charge on any atom is -0.495 e. The quantitative estimate of drug-likeness (QED) is 0.310. The predicted molar refractivity (Wildman–Crippen MR) is 134 cm³/mol. The number of amides is 2. The zero-order valence-corrected chi connectivity index (χ0v) is 20.5. The third kappa shape index (κ3) is 7.25. The summed E-state index contributed by atoms with van der Waals surface area (Å²) in [7, 11) is 1.52. The van der Waals surface area contributed by atoms with Crippen molar-refractivity contribution in [2.45, 2.75) is 26.7 Å². The molecule has 3 aromatic rings. The first-order chi connectivity index (χ1) is 16.8. The van der Waals surface area contributed by atoms with Crippen LogP contribution >= 0.6 is 11.3 Å². The normalized spacial score (nSPS) is 10.4. The predicted octanol–water partition coefficient (Wildman–Crippen LogP) is 4.77. The fourth-order valence-corrected chi connectivity index (χ4v) is 4.26. The van der Waals surface area contributed by atoms with E-state index in [4.69, 9.17) is 9.47 Å². The summed E-state index contributed by atoms with van der Waals surface area (Å²) in [5.41, 5.74) is 2.00. The molecule has 2 N–H and O–H groups in total. The van der Waals surface area contributed by atoms with Crippen LogP contribution in [0.2, 0.25) is 0 Å². The van der Waals surface area contributed by atoms with E-state index in [2.05, 4.69) is 10.6 Å². The molecule has 8 nitrogen and oxygen atoms in total. The van der Waals surface area contributed by atoms with Crippen LogP contribution in [-0.2, 0) is 14.3 Å². The molecular formula is C26H26N2O6S. The number of nitrogens with one attached hydrogen (secondary N) is 2. The summed E-state index contributed by atoms with van der Waals surface area (Å²) >= 11 is 1.53. The van der Waals surface area contributed by atoms with Gasteiger partial charge in [0.25, 0.3) is 11.8 Å². The molecule has 0 saturated carbocycles. The molecule has 0 aliphatic rings. The van der Waals surface area contributed by atoms with E-state index in [9.17, 15) is 19.2 Å². The van der Waals surface area contributed by atoms with Crippen molar-refractivity contribution in [3.8, 4) is 5.75 Å². The van der Waals surface area contributed by atoms with Gasteiger partial charge in [-0.3, -0.25) is 19.2 Å². The molecule has 0 saturated heterocycles. The maximum absolute atomic E-state index is 12.5. The van der Waals surface area contributed by atoms with Crippen LogP contribution in [0.25, 0.3) is 0 Å². The Hall–Kier alpha value is -3.98. The zero-order chi connectivity index (χ0) is 25.4. The highest BCUT2D eigenvalue weighted by atomic mass is 32.1. The third-order valence-electron chi connectivity index (χ3n) is 5.05. The standard InChI is InChI=1S/C26H26N2O6S/c1-16-14-20(17(2)35-16)22(29)12-13-25(31)34-15-24(30)27-19-10-8-18(9-11-19)26(32)28-21-6-4-5-7-23(21)33-3/h4-11,14H,12-13,15H2,1-3H3,(H,27,30)(H,28,32). The average Bonchev–Trinajstić information content (AvgIpc) is 3.19. The van der Waals surface area contributed by atoms with Crippen molar-refractivity contribution in [1.29, 1.82) is 0 Å². The molecular weight excluding hydrogens is 468 g/mol. The van der Waals surface area contributed by atoms with Gasteiger partial charge in [-0.05, 0) is 56.3 Å². The second kappa shape index (κ2) is 11.9. The van der Waals surface area contributed by atoms with Crippen LogP contribution in [-0.4, -0.2) is 37.3 Å². The molecule has 1 heterocycles. The van der Waals surface area contributed by atoms with Crippen LogP contribution in [0.5, 0.6) is 5.75 Å². The number of carbonyl (C=O) groups excluding carboxylic acids is 4. The lowest BCUT2D eigenvalue weighted by molar-refractivity contribution is -0.147. The zero-order valence-electron chi connectivity index (χ0n) is 19.7. The van der Waals surface area contributed by atoms with E-state index >= 15 is 0 Å². The van der Waals surface area contributed by atoms with E-state index in [0.29, 0.717) is 28.3 Å². The highest BCUT2D eigenvalue weighted by Gasteiger charge is 2.15. The first kappa shape index (κ1) is 25.6. The summed E-state index contributed by atoms with van der Waals surface area (Å²) in [4.78, 5) is 50.7. The Morgan fingerprint density at radius 2 is 1.63 bits per heavy atom. The monoisotopic (exact) mass is 494 g/mol. The van der Waals surface area contributed by atoms with Crippen molar-refractivity contribution in [1.82, 2.24) is 0 Å². The molecule has 182 valence electrons. The molecule has 0 fully saturated rings. The van der Waals surface area contributed by atoms with Crippen LogP contribution in [0, 0.1) is 13.8 Å². The van der Waals surface area contributed by atoms with E-state index in [1.165, 1.54) is 18.4 Å². The van der Waals surface area contributed by atoms with Gasteiger partial charge in [0.05, 0.1) is 19.2 Å². The summed E-state index contributed by atoms with van der Waals surface area (Å²) in [5, 5.41) is 5.37. The van der Waals surface area contributed by atoms with Crippen molar-refractivity contribution in [3.05, 3.63) is 75.5 Å². The number of Topliss-reactive ketones (excluding diaryl/α,β-unsaturated/α-hetero) is 1. The molecule has 35 heavy (non-hydrogen) atoms. The Balaban J connectivity index is 1.43. The number of hydrogen-bond donors (Lipinski definition) is 2. The summed E-state index contributed by atoms with van der Waals surface area (Å²) in [6, 6.07) is 15.1. The van der Waals surface area contributed by atoms with Gasteiger partial charge in [-0.1, -0.05) is 12.1 Å². The van der Waals surface area contributed by atoms with Gasteiger partial charge in [0.1, 0.15) is 5.75 Å². The number of aryl methyl sites for hydroxylation is 2. The van der Waals surface area contributed by atoms with Gasteiger partial charge in [-0.25, -0.2) is 0 Å². The summed E-state index contributed by atoms with van der Waals surface area (Å²) < 4.78 is 10.2. The number of hydrogen-bond acceptors (Lipinski definition) is 7. The lowest BCUT2D eigenvalue weighted by Gasteiger charge is -2.10. The Bertz CT molecular complexity index is 1230. The number of esters is 1. The SMILES string of the molecule is COc1ccccc1NC(=O)c1ccc(NC(=O)COC(=O)CCC(=O)c2cc(C)sc2C)cc1. The van der Waals surface area contributed by atoms with Gasteiger partial charge in [-0.2, -0.15) is 0 Å². The summed E-state index contributed by atoms with van der Waals surface area (Å²) in [6.07, 6.45) is -0.0771.